The van der Waals surface area contributed by atoms with E-state index in [9.17, 15) is 24.6 Å². The Kier molecular flexibility index (Phi) is 5.46. The number of nitrogens with zero attached hydrogens (tertiary/aromatic N) is 3. The van der Waals surface area contributed by atoms with Gasteiger partial charge in [-0.15, -0.1) is 0 Å². The maximum Gasteiger partial charge on any atom is 0.412 e. The maximum atomic E-state index is 12.8. The van der Waals surface area contributed by atoms with Gasteiger partial charge in [-0.05, 0) is 32.6 Å². The molecule has 3 N–H and O–H groups in total. The second kappa shape index (κ2) is 8.60. The summed E-state index contributed by atoms with van der Waals surface area (Å²) in [5.74, 6) is -2.55. The molecule has 34 heavy (non-hydrogen) atoms. The van der Waals surface area contributed by atoms with Gasteiger partial charge in [0.1, 0.15) is 12.6 Å². The van der Waals surface area contributed by atoms with Crippen LogP contribution >= 0.6 is 0 Å². The molecule has 2 aliphatic rings. The van der Waals surface area contributed by atoms with Gasteiger partial charge in [-0.25, -0.2) is 14.2 Å². The van der Waals surface area contributed by atoms with Gasteiger partial charge in [-0.2, -0.15) is 0 Å². The Hall–Kier alpha value is -4.25. The van der Waals surface area contributed by atoms with E-state index in [4.69, 9.17) is 4.74 Å². The minimum Gasteiger partial charge on any atom is -0.480 e. The fraction of sp³-hybridized carbons (Fsp3) is 0.261. The van der Waals surface area contributed by atoms with E-state index in [1.54, 1.807) is 0 Å². The third-order valence-electron chi connectivity index (χ3n) is 6.08. The first-order valence-corrected chi connectivity index (χ1v) is 10.6. The first-order chi connectivity index (χ1) is 16.4. The summed E-state index contributed by atoms with van der Waals surface area (Å²) >= 11 is 0. The number of carbonyl (C=O) groups excluding carboxylic acids is 2. The van der Waals surface area contributed by atoms with E-state index >= 15 is 0 Å². The molecule has 3 aromatic rings. The lowest BCUT2D eigenvalue weighted by Gasteiger charge is -2.19. The molecule has 1 saturated heterocycles. The van der Waals surface area contributed by atoms with Gasteiger partial charge < -0.3 is 19.8 Å². The molecular formula is C23H20N4O7. The predicted octanol–water partition coefficient (Wildman–Crippen LogP) is 2.09. The standard InChI is InChI=1S/C23H20N4O7/c28-12-9-18(22(30)31)27(10-12)21(29)19-20(26-34-25-19)24-23(32)33-11-17-15-7-3-1-5-13(15)14-6-2-4-8-16(14)17/h1-8,12,17-18,28H,9-11H2,(H,30,31)(H,24,26,32). The van der Waals surface area contributed by atoms with Crippen molar-refractivity contribution in [3.05, 3.63) is 65.4 Å². The van der Waals surface area contributed by atoms with Gasteiger partial charge >= 0.3 is 12.1 Å². The van der Waals surface area contributed by atoms with Gasteiger partial charge in [-0.1, -0.05) is 48.5 Å². The van der Waals surface area contributed by atoms with Gasteiger partial charge in [0, 0.05) is 18.9 Å². The number of carboxylic acid groups (broad SMARTS) is 1. The quantitative estimate of drug-likeness (QED) is 0.515. The van der Waals surface area contributed by atoms with Crippen LogP contribution in [-0.4, -0.2) is 68.7 Å². The van der Waals surface area contributed by atoms with Crippen molar-refractivity contribution in [3.8, 4) is 11.1 Å². The molecule has 5 rings (SSSR count). The minimum absolute atomic E-state index is 0.0494. The average Bonchev–Trinajstić information content (AvgIpc) is 3.53. The maximum absolute atomic E-state index is 12.8. The number of rotatable bonds is 5. The van der Waals surface area contributed by atoms with E-state index < -0.39 is 30.1 Å². The highest BCUT2D eigenvalue weighted by Gasteiger charge is 2.41. The van der Waals surface area contributed by atoms with Gasteiger partial charge in [-0.3, -0.25) is 10.1 Å². The average molecular weight is 464 g/mol. The summed E-state index contributed by atoms with van der Waals surface area (Å²) in [6.45, 7) is -0.138. The number of hydrogen-bond acceptors (Lipinski definition) is 8. The van der Waals surface area contributed by atoms with Crippen molar-refractivity contribution in [2.45, 2.75) is 24.5 Å². The third-order valence-corrected chi connectivity index (χ3v) is 6.08. The number of carbonyl (C=O) groups is 3. The van der Waals surface area contributed by atoms with Crippen LogP contribution < -0.4 is 5.32 Å². The highest BCUT2D eigenvalue weighted by atomic mass is 16.6. The number of nitrogens with one attached hydrogen (secondary N) is 1. The van der Waals surface area contributed by atoms with E-state index in [1.165, 1.54) is 0 Å². The second-order valence-electron chi connectivity index (χ2n) is 8.11. The highest BCUT2D eigenvalue weighted by molar-refractivity contribution is 6.01. The van der Waals surface area contributed by atoms with Crippen LogP contribution in [0.4, 0.5) is 10.6 Å². The molecule has 0 spiro atoms. The summed E-state index contributed by atoms with van der Waals surface area (Å²) in [7, 11) is 0. The molecule has 11 heteroatoms. The zero-order valence-electron chi connectivity index (χ0n) is 17.7. The lowest BCUT2D eigenvalue weighted by Crippen LogP contribution is -2.41. The number of β-amino-alcohol motifs (C(OH)–C–C–N with tert-alkyl or cyclic N) is 1. The third kappa shape index (κ3) is 3.75. The lowest BCUT2D eigenvalue weighted by molar-refractivity contribution is -0.141. The number of carboxylic acids is 1. The Bertz CT molecular complexity index is 1230. The molecule has 0 bridgehead atoms. The minimum atomic E-state index is -1.26. The lowest BCUT2D eigenvalue weighted by atomic mass is 9.98. The van der Waals surface area contributed by atoms with Crippen LogP contribution in [-0.2, 0) is 9.53 Å². The number of aliphatic hydroxyl groups is 1. The molecule has 0 radical (unpaired) electrons. The fourth-order valence-corrected chi connectivity index (χ4v) is 4.55. The Morgan fingerprint density at radius 2 is 1.71 bits per heavy atom. The van der Waals surface area contributed by atoms with Crippen LogP contribution in [0.3, 0.4) is 0 Å². The molecule has 1 aromatic heterocycles. The van der Waals surface area contributed by atoms with E-state index in [0.29, 0.717) is 0 Å². The fourth-order valence-electron chi connectivity index (χ4n) is 4.55. The Balaban J connectivity index is 1.28. The van der Waals surface area contributed by atoms with Crippen molar-refractivity contribution in [2.75, 3.05) is 18.5 Å². The summed E-state index contributed by atoms with van der Waals surface area (Å²) in [4.78, 5) is 37.7. The SMILES string of the molecule is O=C(Nc1nonc1C(=O)N1CC(O)CC1C(=O)O)OCC1c2ccccc2-c2ccccc21. The van der Waals surface area contributed by atoms with Gasteiger partial charge in [0.25, 0.3) is 5.91 Å². The smallest absolute Gasteiger partial charge is 0.412 e. The van der Waals surface area contributed by atoms with Gasteiger partial charge in [0.2, 0.25) is 11.5 Å². The first-order valence-electron chi connectivity index (χ1n) is 10.6. The normalized spacial score (nSPS) is 18.9. The van der Waals surface area contributed by atoms with Crippen LogP contribution in [0, 0.1) is 0 Å². The summed E-state index contributed by atoms with van der Waals surface area (Å²) < 4.78 is 10.0. The first kappa shape index (κ1) is 21.6. The number of aliphatic carboxylic acids is 1. The summed E-state index contributed by atoms with van der Waals surface area (Å²) in [5, 5.41) is 28.5. The molecule has 0 saturated carbocycles. The molecule has 1 aliphatic heterocycles. The number of likely N-dealkylation sites (tertiary alicyclic amines) is 1. The molecule has 11 nitrogen and oxygen atoms in total. The number of ether oxygens (including phenoxy) is 1. The number of aromatic nitrogens is 2. The molecule has 2 amide bonds. The summed E-state index contributed by atoms with van der Waals surface area (Å²) in [6, 6.07) is 14.6. The number of hydrogen-bond donors (Lipinski definition) is 3. The predicted molar refractivity (Wildman–Crippen MR) is 116 cm³/mol. The van der Waals surface area contributed by atoms with Crippen molar-refractivity contribution < 1.29 is 34.0 Å². The Morgan fingerprint density at radius 1 is 1.06 bits per heavy atom. The monoisotopic (exact) mass is 464 g/mol. The molecule has 174 valence electrons. The van der Waals surface area contributed by atoms with Crippen molar-refractivity contribution >= 4 is 23.8 Å². The summed E-state index contributed by atoms with van der Waals surface area (Å²) in [5.41, 5.74) is 3.88. The van der Waals surface area contributed by atoms with Crippen LogP contribution in [0.2, 0.25) is 0 Å². The van der Waals surface area contributed by atoms with Gasteiger partial charge in [0.15, 0.2) is 0 Å². The molecule has 2 atom stereocenters. The summed E-state index contributed by atoms with van der Waals surface area (Å²) in [6.07, 6.45) is -1.96. The second-order valence-corrected chi connectivity index (χ2v) is 8.11. The van der Waals surface area contributed by atoms with Crippen LogP contribution in [0.1, 0.15) is 34.0 Å². The molecule has 2 heterocycles. The number of amides is 2. The number of anilines is 1. The largest absolute Gasteiger partial charge is 0.480 e. The zero-order chi connectivity index (χ0) is 23.8. The number of fused-ring (bicyclic) bond motifs is 3. The highest BCUT2D eigenvalue weighted by Crippen LogP contribution is 2.44. The number of benzene rings is 2. The van der Waals surface area contributed by atoms with Crippen molar-refractivity contribution in [1.29, 1.82) is 0 Å². The molecule has 1 fully saturated rings. The van der Waals surface area contributed by atoms with Crippen LogP contribution in [0.5, 0.6) is 0 Å². The van der Waals surface area contributed by atoms with E-state index in [0.717, 1.165) is 27.2 Å². The van der Waals surface area contributed by atoms with Gasteiger partial charge in [0.05, 0.1) is 6.10 Å². The van der Waals surface area contributed by atoms with E-state index in [-0.39, 0.29) is 37.0 Å². The van der Waals surface area contributed by atoms with Crippen molar-refractivity contribution in [3.63, 3.8) is 0 Å². The van der Waals surface area contributed by atoms with Crippen LogP contribution in [0.15, 0.2) is 53.2 Å². The Morgan fingerprint density at radius 3 is 2.35 bits per heavy atom. The van der Waals surface area contributed by atoms with Crippen LogP contribution in [0.25, 0.3) is 11.1 Å². The van der Waals surface area contributed by atoms with Crippen molar-refractivity contribution in [2.24, 2.45) is 0 Å². The molecule has 1 aliphatic carbocycles. The zero-order valence-corrected chi connectivity index (χ0v) is 17.7. The molecule has 2 unspecified atom stereocenters. The van der Waals surface area contributed by atoms with E-state index in [1.807, 2.05) is 48.5 Å². The van der Waals surface area contributed by atoms with E-state index in [2.05, 4.69) is 20.3 Å². The Labute approximate surface area is 192 Å². The topological polar surface area (TPSA) is 155 Å². The molecule has 2 aromatic carbocycles. The van der Waals surface area contributed by atoms with Crippen molar-refractivity contribution in [1.82, 2.24) is 15.2 Å². The molecular weight excluding hydrogens is 444 g/mol. The number of aliphatic hydroxyl groups excluding tert-OH is 1.